The van der Waals surface area contributed by atoms with Crippen LogP contribution in [0.5, 0.6) is 0 Å². The highest BCUT2D eigenvalue weighted by Gasteiger charge is 2.52. The second-order valence-electron chi connectivity index (χ2n) is 12.8. The van der Waals surface area contributed by atoms with Crippen molar-refractivity contribution < 1.29 is 0 Å². The number of amidine groups is 1. The summed E-state index contributed by atoms with van der Waals surface area (Å²) in [5.41, 5.74) is 8.14. The zero-order chi connectivity index (χ0) is 30.1. The summed E-state index contributed by atoms with van der Waals surface area (Å²) < 4.78 is 0. The maximum absolute atomic E-state index is 9.35. The molecule has 0 amide bonds. The van der Waals surface area contributed by atoms with Crippen LogP contribution in [0.4, 0.5) is 10.0 Å². The molecule has 6 nitrogen and oxygen atoms in total. The maximum Gasteiger partial charge on any atom is 0.350 e. The minimum atomic E-state index is -0.109. The van der Waals surface area contributed by atoms with Crippen LogP contribution in [0.15, 0.2) is 57.6 Å². The van der Waals surface area contributed by atoms with Crippen molar-refractivity contribution in [3.63, 3.8) is 0 Å². The van der Waals surface area contributed by atoms with Crippen molar-refractivity contribution in [2.75, 3.05) is 0 Å². The third-order valence-corrected chi connectivity index (χ3v) is 12.8. The zero-order valence-electron chi connectivity index (χ0n) is 24.2. The number of aliphatic imine (C=N–C) groups is 2. The topological polar surface area (TPSA) is 100 Å². The Bertz CT molecular complexity index is 1810. The van der Waals surface area contributed by atoms with Gasteiger partial charge in [0.15, 0.2) is 0 Å². The largest absolute Gasteiger partial charge is 0.351 e. The van der Waals surface area contributed by atoms with Crippen LogP contribution in [-0.2, 0) is 10.8 Å². The lowest BCUT2D eigenvalue weighted by Gasteiger charge is -2.40. The molecule has 2 unspecified atom stereocenters. The Balaban J connectivity index is 1.26. The first-order valence-electron chi connectivity index (χ1n) is 15.5. The number of hydrogen-bond donors (Lipinski definition) is 0. The molecule has 0 N–H and O–H groups in total. The first-order chi connectivity index (χ1) is 21.5. The van der Waals surface area contributed by atoms with E-state index in [4.69, 9.17) is 6.57 Å². The van der Waals surface area contributed by atoms with Gasteiger partial charge in [-0.15, -0.1) is 11.3 Å². The van der Waals surface area contributed by atoms with Crippen molar-refractivity contribution in [1.82, 2.24) is 0 Å². The van der Waals surface area contributed by atoms with Gasteiger partial charge in [0, 0.05) is 38.5 Å². The van der Waals surface area contributed by atoms with Crippen molar-refractivity contribution in [1.29, 1.82) is 15.8 Å². The second-order valence-corrected chi connectivity index (χ2v) is 14.8. The molecule has 44 heavy (non-hydrogen) atoms. The number of rotatable bonds is 2. The second kappa shape index (κ2) is 10.1. The molecule has 6 aliphatic rings. The van der Waals surface area contributed by atoms with Gasteiger partial charge < -0.3 is 4.85 Å². The van der Waals surface area contributed by atoms with E-state index in [0.717, 1.165) is 35.7 Å². The summed E-state index contributed by atoms with van der Waals surface area (Å²) in [6.45, 7) is 7.32. The van der Waals surface area contributed by atoms with Crippen molar-refractivity contribution in [3.8, 4) is 18.2 Å². The molecule has 2 atom stereocenters. The molecule has 2 spiro atoms. The number of fused-ring (bicyclic) bond motifs is 11. The molecule has 0 radical (unpaired) electrons. The highest BCUT2D eigenvalue weighted by atomic mass is 32.1. The van der Waals surface area contributed by atoms with Crippen molar-refractivity contribution in [2.45, 2.75) is 75.0 Å². The van der Waals surface area contributed by atoms with Gasteiger partial charge in [-0.25, -0.2) is 10.3 Å². The third kappa shape index (κ3) is 3.78. The van der Waals surface area contributed by atoms with Gasteiger partial charge in [0.25, 0.3) is 0 Å². The lowest BCUT2D eigenvalue weighted by molar-refractivity contribution is 0.347. The van der Waals surface area contributed by atoms with E-state index in [1.54, 1.807) is 22.7 Å². The van der Waals surface area contributed by atoms with Gasteiger partial charge in [0.05, 0.1) is 0 Å². The predicted octanol–water partition coefficient (Wildman–Crippen LogP) is 9.41. The number of nitrogens with zero attached hydrogens (tertiary/aromatic N) is 6. The molecule has 0 bridgehead atoms. The lowest BCUT2D eigenvalue weighted by atomic mass is 9.63. The standard InChI is InChI=1S/C36H28N6S2/c1-40-30(20-39)42-32-17-29-34(44-32)25-13-22-14-26-24(12-21(22)15-27(25)36(29)10-6-3-7-11-36)33-28(35(26)8-4-2-5-9-35)16-31(43-33)41-23(18-37)19-38/h12-17,21-22H,2-11H2/b42-30-. The Morgan fingerprint density at radius 2 is 1.18 bits per heavy atom. The molecule has 6 aliphatic carbocycles. The van der Waals surface area contributed by atoms with Gasteiger partial charge in [0.1, 0.15) is 23.2 Å². The normalized spacial score (nSPS) is 24.9. The molecule has 8 heteroatoms. The van der Waals surface area contributed by atoms with E-state index in [1.165, 1.54) is 81.7 Å². The van der Waals surface area contributed by atoms with E-state index in [1.807, 2.05) is 18.2 Å². The Morgan fingerprint density at radius 1 is 0.705 bits per heavy atom. The molecule has 2 aromatic rings. The van der Waals surface area contributed by atoms with Crippen LogP contribution in [0.25, 0.3) is 16.0 Å². The van der Waals surface area contributed by atoms with Gasteiger partial charge in [0.2, 0.25) is 10.7 Å². The van der Waals surface area contributed by atoms with Crippen LogP contribution in [-0.4, -0.2) is 11.5 Å². The Hall–Kier alpha value is -4.34. The van der Waals surface area contributed by atoms with E-state index < -0.39 is 0 Å². The monoisotopic (exact) mass is 608 g/mol. The number of nitriles is 3. The van der Waals surface area contributed by atoms with Crippen LogP contribution in [0.1, 0.15) is 85.1 Å². The average Bonchev–Trinajstić information content (AvgIpc) is 3.79. The van der Waals surface area contributed by atoms with Crippen molar-refractivity contribution in [2.24, 2.45) is 21.8 Å². The molecule has 0 aromatic carbocycles. The van der Waals surface area contributed by atoms with Crippen molar-refractivity contribution >= 4 is 55.4 Å². The summed E-state index contributed by atoms with van der Waals surface area (Å²) in [6, 6.07) is 10.1. The first kappa shape index (κ1) is 27.2. The molecule has 8 rings (SSSR count). The fourth-order valence-corrected chi connectivity index (χ4v) is 11.3. The van der Waals surface area contributed by atoms with E-state index in [-0.39, 0.29) is 34.2 Å². The van der Waals surface area contributed by atoms with Gasteiger partial charge >= 0.3 is 5.84 Å². The molecule has 214 valence electrons. The molecule has 2 fully saturated rings. The average molecular weight is 609 g/mol. The van der Waals surface area contributed by atoms with Crippen LogP contribution < -0.4 is 0 Å². The fraction of sp³-hybridized carbons (Fsp3) is 0.389. The van der Waals surface area contributed by atoms with Crippen LogP contribution in [0, 0.1) is 52.4 Å². The Morgan fingerprint density at radius 3 is 1.61 bits per heavy atom. The highest BCUT2D eigenvalue weighted by molar-refractivity contribution is 7.17. The number of hydrogen-bond acceptors (Lipinski definition) is 7. The van der Waals surface area contributed by atoms with Gasteiger partial charge in [-0.05, 0) is 65.2 Å². The summed E-state index contributed by atoms with van der Waals surface area (Å²) in [5, 5.41) is 29.5. The summed E-state index contributed by atoms with van der Waals surface area (Å²) in [5.74, 6) is 0.419. The smallest absolute Gasteiger partial charge is 0.350 e. The molecular weight excluding hydrogens is 581 g/mol. The molecule has 2 heterocycles. The molecule has 0 saturated heterocycles. The quantitative estimate of drug-likeness (QED) is 0.193. The van der Waals surface area contributed by atoms with Crippen LogP contribution in [0.2, 0.25) is 0 Å². The Labute approximate surface area is 265 Å². The van der Waals surface area contributed by atoms with Crippen molar-refractivity contribution in [3.05, 3.63) is 79.9 Å². The van der Waals surface area contributed by atoms with E-state index in [9.17, 15) is 15.8 Å². The van der Waals surface area contributed by atoms with Gasteiger partial charge in [-0.3, -0.25) is 0 Å². The molecular formula is C36H28N6S2. The maximum atomic E-state index is 9.35. The van der Waals surface area contributed by atoms with Gasteiger partial charge in [-0.1, -0.05) is 85.7 Å². The molecule has 2 saturated carbocycles. The predicted molar refractivity (Wildman–Crippen MR) is 175 cm³/mol. The van der Waals surface area contributed by atoms with Crippen LogP contribution in [0.3, 0.4) is 0 Å². The Kier molecular flexibility index (Phi) is 6.25. The number of allylic oxidation sites excluding steroid dienone is 8. The molecule has 0 aliphatic heterocycles. The summed E-state index contributed by atoms with van der Waals surface area (Å²) >= 11 is 3.26. The lowest BCUT2D eigenvalue weighted by Crippen LogP contribution is -2.31. The summed E-state index contributed by atoms with van der Waals surface area (Å²) in [4.78, 5) is 14.7. The zero-order valence-corrected chi connectivity index (χ0v) is 25.8. The SMILES string of the molecule is [C-]#[N+]/C(C#N)=N\c1cc2c(s1)C1=CC3C=C4C(=CC3C=C1C21CCCCC1)c1sc(N=C(C#N)C#N)cc1C41CCCCC1. The summed E-state index contributed by atoms with van der Waals surface area (Å²) in [6.07, 6.45) is 21.9. The van der Waals surface area contributed by atoms with Gasteiger partial charge in [-0.2, -0.15) is 10.5 Å². The van der Waals surface area contributed by atoms with E-state index in [0.29, 0.717) is 0 Å². The summed E-state index contributed by atoms with van der Waals surface area (Å²) in [7, 11) is 0. The highest BCUT2D eigenvalue weighted by Crippen LogP contribution is 2.65. The third-order valence-electron chi connectivity index (χ3n) is 10.7. The fourth-order valence-electron chi connectivity index (χ4n) is 8.92. The minimum absolute atomic E-state index is 0.0245. The van der Waals surface area contributed by atoms with E-state index >= 15 is 0 Å². The van der Waals surface area contributed by atoms with Crippen LogP contribution >= 0.6 is 22.7 Å². The van der Waals surface area contributed by atoms with E-state index in [2.05, 4.69) is 51.3 Å². The number of thiophene rings is 2. The minimum Gasteiger partial charge on any atom is -0.351 e. The first-order valence-corrected chi connectivity index (χ1v) is 17.1. The molecule has 2 aromatic heterocycles.